The van der Waals surface area contributed by atoms with Gasteiger partial charge in [-0.1, -0.05) is 0 Å². The zero-order valence-corrected chi connectivity index (χ0v) is 12.4. The minimum Gasteiger partial charge on any atom is -0.338 e. The molecule has 0 aromatic carbocycles. The largest absolute Gasteiger partial charge is 0.338 e. The molecular formula is C15H23N5. The van der Waals surface area contributed by atoms with Crippen LogP contribution in [-0.4, -0.2) is 37.1 Å². The molecule has 108 valence electrons. The molecule has 0 unspecified atom stereocenters. The van der Waals surface area contributed by atoms with Gasteiger partial charge in [-0.15, -0.1) is 0 Å². The highest BCUT2D eigenvalue weighted by molar-refractivity contribution is 5.03. The van der Waals surface area contributed by atoms with Gasteiger partial charge in [0.1, 0.15) is 11.6 Å². The lowest BCUT2D eigenvalue weighted by Gasteiger charge is -2.32. The average Bonchev–Trinajstić information content (AvgIpc) is 3.08. The topological polar surface area (TPSA) is 38.9 Å². The lowest BCUT2D eigenvalue weighted by atomic mass is 9.97. The van der Waals surface area contributed by atoms with Crippen LogP contribution < -0.4 is 0 Å². The van der Waals surface area contributed by atoms with Crippen molar-refractivity contribution in [1.29, 1.82) is 0 Å². The first-order chi connectivity index (χ1) is 9.78. The van der Waals surface area contributed by atoms with E-state index in [9.17, 15) is 0 Å². The van der Waals surface area contributed by atoms with Gasteiger partial charge < -0.3 is 9.13 Å². The molecule has 5 heteroatoms. The van der Waals surface area contributed by atoms with Crippen LogP contribution in [0.15, 0.2) is 24.8 Å². The molecule has 0 N–H and O–H groups in total. The van der Waals surface area contributed by atoms with Crippen LogP contribution in [0.2, 0.25) is 0 Å². The maximum atomic E-state index is 4.52. The van der Waals surface area contributed by atoms with Gasteiger partial charge in [0.2, 0.25) is 0 Å². The standard InChI is InChI=1S/C15H23N5/c1-3-20-10-7-16-14(20)12-19-8-4-5-13(11-19)15-17-6-9-18(15)2/h6-7,9-10,13H,3-5,8,11-12H2,1-2H3/t13-/m1/s1. The highest BCUT2D eigenvalue weighted by atomic mass is 15.2. The Morgan fingerprint density at radius 2 is 2.10 bits per heavy atom. The number of hydrogen-bond acceptors (Lipinski definition) is 3. The van der Waals surface area contributed by atoms with E-state index in [1.54, 1.807) is 0 Å². The first kappa shape index (κ1) is 13.4. The maximum Gasteiger partial charge on any atom is 0.122 e. The van der Waals surface area contributed by atoms with Gasteiger partial charge in [-0.25, -0.2) is 9.97 Å². The quantitative estimate of drug-likeness (QED) is 0.855. The minimum absolute atomic E-state index is 0.550. The summed E-state index contributed by atoms with van der Waals surface area (Å²) in [6.45, 7) is 6.35. The van der Waals surface area contributed by atoms with Crippen molar-refractivity contribution in [1.82, 2.24) is 24.0 Å². The van der Waals surface area contributed by atoms with Crippen LogP contribution in [0, 0.1) is 0 Å². The predicted molar refractivity (Wildman–Crippen MR) is 78.4 cm³/mol. The summed E-state index contributed by atoms with van der Waals surface area (Å²) in [6, 6.07) is 0. The number of aromatic nitrogens is 4. The number of rotatable bonds is 4. The normalized spacial score (nSPS) is 20.4. The molecule has 2 aromatic heterocycles. The highest BCUT2D eigenvalue weighted by Crippen LogP contribution is 2.26. The molecule has 1 fully saturated rings. The Morgan fingerprint density at radius 1 is 1.25 bits per heavy atom. The molecule has 0 radical (unpaired) electrons. The first-order valence-corrected chi connectivity index (χ1v) is 7.47. The predicted octanol–water partition coefficient (Wildman–Crippen LogP) is 2.02. The zero-order valence-electron chi connectivity index (χ0n) is 12.4. The Hall–Kier alpha value is -1.62. The second-order valence-corrected chi connectivity index (χ2v) is 5.60. The molecule has 20 heavy (non-hydrogen) atoms. The van der Waals surface area contributed by atoms with Crippen LogP contribution in [0.1, 0.15) is 37.3 Å². The van der Waals surface area contributed by atoms with Gasteiger partial charge in [0.15, 0.2) is 0 Å². The van der Waals surface area contributed by atoms with Crippen molar-refractivity contribution in [2.24, 2.45) is 7.05 Å². The molecule has 1 atom stereocenters. The van der Waals surface area contributed by atoms with Gasteiger partial charge in [0.25, 0.3) is 0 Å². The summed E-state index contributed by atoms with van der Waals surface area (Å²) in [7, 11) is 2.09. The maximum absolute atomic E-state index is 4.52. The number of hydrogen-bond donors (Lipinski definition) is 0. The fourth-order valence-corrected chi connectivity index (χ4v) is 3.16. The van der Waals surface area contributed by atoms with Gasteiger partial charge in [-0.05, 0) is 26.3 Å². The van der Waals surface area contributed by atoms with Crippen molar-refractivity contribution in [3.05, 3.63) is 36.4 Å². The lowest BCUT2D eigenvalue weighted by Crippen LogP contribution is -2.35. The number of likely N-dealkylation sites (tertiary alicyclic amines) is 1. The Labute approximate surface area is 120 Å². The van der Waals surface area contributed by atoms with Crippen LogP contribution in [0.3, 0.4) is 0 Å². The Balaban J connectivity index is 1.68. The third-order valence-electron chi connectivity index (χ3n) is 4.24. The smallest absolute Gasteiger partial charge is 0.122 e. The summed E-state index contributed by atoms with van der Waals surface area (Å²) in [5.41, 5.74) is 0. The molecule has 5 nitrogen and oxygen atoms in total. The molecule has 0 bridgehead atoms. The highest BCUT2D eigenvalue weighted by Gasteiger charge is 2.24. The van der Waals surface area contributed by atoms with Crippen molar-refractivity contribution in [2.45, 2.75) is 38.8 Å². The van der Waals surface area contributed by atoms with Gasteiger partial charge in [-0.3, -0.25) is 4.90 Å². The number of aryl methyl sites for hydroxylation is 2. The van der Waals surface area contributed by atoms with E-state index < -0.39 is 0 Å². The van der Waals surface area contributed by atoms with Crippen molar-refractivity contribution in [2.75, 3.05) is 13.1 Å². The van der Waals surface area contributed by atoms with Gasteiger partial charge >= 0.3 is 0 Å². The zero-order chi connectivity index (χ0) is 13.9. The Bertz CT molecular complexity index is 556. The van der Waals surface area contributed by atoms with Gasteiger partial charge in [0.05, 0.1) is 6.54 Å². The second kappa shape index (κ2) is 5.79. The van der Waals surface area contributed by atoms with E-state index in [0.29, 0.717) is 5.92 Å². The van der Waals surface area contributed by atoms with Crippen LogP contribution in [0.4, 0.5) is 0 Å². The van der Waals surface area contributed by atoms with E-state index in [4.69, 9.17) is 0 Å². The van der Waals surface area contributed by atoms with Crippen molar-refractivity contribution in [3.63, 3.8) is 0 Å². The fourth-order valence-electron chi connectivity index (χ4n) is 3.16. The summed E-state index contributed by atoms with van der Waals surface area (Å²) in [6.07, 6.45) is 10.4. The van der Waals surface area contributed by atoms with Gasteiger partial charge in [-0.2, -0.15) is 0 Å². The van der Waals surface area contributed by atoms with E-state index >= 15 is 0 Å². The summed E-state index contributed by atoms with van der Waals surface area (Å²) in [4.78, 5) is 11.5. The van der Waals surface area contributed by atoms with Crippen molar-refractivity contribution in [3.8, 4) is 0 Å². The second-order valence-electron chi connectivity index (χ2n) is 5.60. The molecule has 0 spiro atoms. The number of imidazole rings is 2. The van der Waals surface area contributed by atoms with E-state index in [1.807, 2.05) is 18.6 Å². The molecule has 1 aliphatic rings. The molecule has 3 heterocycles. The summed E-state index contributed by atoms with van der Waals surface area (Å²) in [5, 5.41) is 0. The summed E-state index contributed by atoms with van der Waals surface area (Å²) in [5.74, 6) is 2.94. The van der Waals surface area contributed by atoms with Crippen LogP contribution in [0.25, 0.3) is 0 Å². The van der Waals surface area contributed by atoms with Crippen LogP contribution >= 0.6 is 0 Å². The first-order valence-electron chi connectivity index (χ1n) is 7.47. The third-order valence-corrected chi connectivity index (χ3v) is 4.24. The van der Waals surface area contributed by atoms with E-state index in [0.717, 1.165) is 26.2 Å². The molecule has 0 amide bonds. The number of nitrogens with zero attached hydrogens (tertiary/aromatic N) is 5. The monoisotopic (exact) mass is 273 g/mol. The molecular weight excluding hydrogens is 250 g/mol. The van der Waals surface area contributed by atoms with Crippen LogP contribution in [0.5, 0.6) is 0 Å². The summed E-state index contributed by atoms with van der Waals surface area (Å²) < 4.78 is 4.38. The van der Waals surface area contributed by atoms with Crippen molar-refractivity contribution < 1.29 is 0 Å². The molecule has 3 rings (SSSR count). The SMILES string of the molecule is CCn1ccnc1CN1CCC[C@@H](c2nccn2C)C1. The van der Waals surface area contributed by atoms with Crippen LogP contribution in [-0.2, 0) is 20.1 Å². The van der Waals surface area contributed by atoms with E-state index in [-0.39, 0.29) is 0 Å². The molecule has 1 aliphatic heterocycles. The minimum atomic E-state index is 0.550. The van der Waals surface area contributed by atoms with Crippen molar-refractivity contribution >= 4 is 0 Å². The lowest BCUT2D eigenvalue weighted by molar-refractivity contribution is 0.189. The van der Waals surface area contributed by atoms with E-state index in [2.05, 4.69) is 44.2 Å². The summed E-state index contributed by atoms with van der Waals surface area (Å²) >= 11 is 0. The molecule has 0 aliphatic carbocycles. The Morgan fingerprint density at radius 3 is 2.85 bits per heavy atom. The molecule has 2 aromatic rings. The van der Waals surface area contributed by atoms with Gasteiger partial charge in [0, 0.05) is 50.8 Å². The molecule has 1 saturated heterocycles. The number of piperidine rings is 1. The fraction of sp³-hybridized carbons (Fsp3) is 0.600. The average molecular weight is 273 g/mol. The Kier molecular flexibility index (Phi) is 3.87. The molecule has 0 saturated carbocycles. The van der Waals surface area contributed by atoms with E-state index in [1.165, 1.54) is 24.5 Å². The third kappa shape index (κ3) is 2.63.